The molecule has 1 aliphatic rings. The van der Waals surface area contributed by atoms with Crippen LogP contribution in [-0.2, 0) is 11.8 Å². The number of aromatic nitrogens is 3. The van der Waals surface area contributed by atoms with Crippen LogP contribution in [0.1, 0.15) is 45.4 Å². The van der Waals surface area contributed by atoms with E-state index in [0.29, 0.717) is 11.7 Å². The second kappa shape index (κ2) is 6.79. The number of hydrogen-bond acceptors (Lipinski definition) is 5. The molecule has 0 spiro atoms. The quantitative estimate of drug-likeness (QED) is 0.820. The Kier molecular flexibility index (Phi) is 5.27. The van der Waals surface area contributed by atoms with Crippen molar-refractivity contribution in [1.82, 2.24) is 25.4 Å². The fourth-order valence-electron chi connectivity index (χ4n) is 2.46. The number of thioether (sulfide) groups is 1. The molecule has 1 fully saturated rings. The molecule has 1 aliphatic heterocycles. The Bertz CT molecular complexity index is 488. The van der Waals surface area contributed by atoms with E-state index in [0.717, 1.165) is 30.5 Å². The molecule has 2 rings (SSSR count). The van der Waals surface area contributed by atoms with Gasteiger partial charge in [0.25, 0.3) is 0 Å². The maximum atomic E-state index is 11.9. The van der Waals surface area contributed by atoms with Crippen molar-refractivity contribution < 1.29 is 4.79 Å². The summed E-state index contributed by atoms with van der Waals surface area (Å²) in [4.78, 5) is 11.9. The highest BCUT2D eigenvalue weighted by Gasteiger charge is 2.22. The van der Waals surface area contributed by atoms with Crippen LogP contribution < -0.4 is 10.6 Å². The van der Waals surface area contributed by atoms with Gasteiger partial charge in [-0.1, -0.05) is 11.8 Å². The Morgan fingerprint density at radius 2 is 2.24 bits per heavy atom. The molecule has 118 valence electrons. The van der Waals surface area contributed by atoms with E-state index in [1.165, 1.54) is 18.2 Å². The molecule has 0 saturated carbocycles. The van der Waals surface area contributed by atoms with Gasteiger partial charge in [0.05, 0.1) is 5.75 Å². The molecule has 1 amide bonds. The summed E-state index contributed by atoms with van der Waals surface area (Å²) in [5.41, 5.74) is -0.198. The lowest BCUT2D eigenvalue weighted by Crippen LogP contribution is -2.41. The highest BCUT2D eigenvalue weighted by molar-refractivity contribution is 7.99. The number of hydrogen-bond donors (Lipinski definition) is 2. The first kappa shape index (κ1) is 16.3. The molecule has 1 saturated heterocycles. The van der Waals surface area contributed by atoms with Crippen LogP contribution in [0.5, 0.6) is 0 Å². The maximum Gasteiger partial charge on any atom is 0.230 e. The molecular formula is C14H25N5OS. The smallest absolute Gasteiger partial charge is 0.230 e. The van der Waals surface area contributed by atoms with Crippen molar-refractivity contribution in [2.24, 2.45) is 7.05 Å². The lowest BCUT2D eigenvalue weighted by Gasteiger charge is -2.22. The molecule has 0 radical (unpaired) electrons. The summed E-state index contributed by atoms with van der Waals surface area (Å²) in [7, 11) is 1.98. The number of amides is 1. The standard InChI is InChI=1S/C14H25N5OS/c1-14(2,3)16-11(20)9-21-13-18-17-12(19(13)4)10-6-5-7-15-8-10/h10,15H,5-9H2,1-4H3,(H,16,20)/t10-/m0/s1. The highest BCUT2D eigenvalue weighted by Crippen LogP contribution is 2.24. The molecule has 21 heavy (non-hydrogen) atoms. The number of carbonyl (C=O) groups is 1. The molecule has 1 atom stereocenters. The molecule has 2 N–H and O–H groups in total. The number of rotatable bonds is 4. The number of nitrogens with zero attached hydrogens (tertiary/aromatic N) is 3. The van der Waals surface area contributed by atoms with Crippen molar-refractivity contribution in [2.75, 3.05) is 18.8 Å². The van der Waals surface area contributed by atoms with Crippen LogP contribution in [0, 0.1) is 0 Å². The van der Waals surface area contributed by atoms with E-state index in [-0.39, 0.29) is 11.4 Å². The van der Waals surface area contributed by atoms with E-state index in [1.54, 1.807) is 0 Å². The molecule has 6 nitrogen and oxygen atoms in total. The van der Waals surface area contributed by atoms with Crippen LogP contribution in [0.2, 0.25) is 0 Å². The second-order valence-corrected chi connectivity index (χ2v) is 7.47. The molecule has 0 aliphatic carbocycles. The number of carbonyl (C=O) groups excluding carboxylic acids is 1. The molecule has 0 aromatic carbocycles. The summed E-state index contributed by atoms with van der Waals surface area (Å²) in [5.74, 6) is 1.83. The minimum atomic E-state index is -0.198. The first-order valence-corrected chi connectivity index (χ1v) is 8.39. The van der Waals surface area contributed by atoms with Crippen LogP contribution in [0.25, 0.3) is 0 Å². The van der Waals surface area contributed by atoms with Gasteiger partial charge in [0.1, 0.15) is 5.82 Å². The molecule has 0 unspecified atom stereocenters. The third kappa shape index (κ3) is 4.71. The molecule has 0 bridgehead atoms. The van der Waals surface area contributed by atoms with E-state index < -0.39 is 0 Å². The zero-order chi connectivity index (χ0) is 15.5. The Morgan fingerprint density at radius 1 is 1.48 bits per heavy atom. The SMILES string of the molecule is Cn1c(SCC(=O)NC(C)(C)C)nnc1[C@H]1CCCNC1. The van der Waals surface area contributed by atoms with Gasteiger partial charge in [-0.05, 0) is 40.2 Å². The number of piperidine rings is 1. The molecule has 2 heterocycles. The van der Waals surface area contributed by atoms with Gasteiger partial charge in [0.2, 0.25) is 5.91 Å². The van der Waals surface area contributed by atoms with E-state index in [1.807, 2.05) is 32.4 Å². The van der Waals surface area contributed by atoms with Gasteiger partial charge in [-0.2, -0.15) is 0 Å². The van der Waals surface area contributed by atoms with Crippen molar-refractivity contribution in [3.05, 3.63) is 5.82 Å². The largest absolute Gasteiger partial charge is 0.351 e. The summed E-state index contributed by atoms with van der Waals surface area (Å²) in [6.45, 7) is 7.98. The summed E-state index contributed by atoms with van der Waals surface area (Å²) in [5, 5.41) is 15.7. The Labute approximate surface area is 130 Å². The van der Waals surface area contributed by atoms with Crippen molar-refractivity contribution >= 4 is 17.7 Å². The predicted octanol–water partition coefficient (Wildman–Crippen LogP) is 1.29. The van der Waals surface area contributed by atoms with Gasteiger partial charge in [-0.3, -0.25) is 4.79 Å². The summed E-state index contributed by atoms with van der Waals surface area (Å²) < 4.78 is 2.02. The van der Waals surface area contributed by atoms with Crippen molar-refractivity contribution in [1.29, 1.82) is 0 Å². The average Bonchev–Trinajstić information content (AvgIpc) is 2.77. The van der Waals surface area contributed by atoms with E-state index >= 15 is 0 Å². The van der Waals surface area contributed by atoms with Crippen molar-refractivity contribution in [2.45, 2.75) is 50.2 Å². The summed E-state index contributed by atoms with van der Waals surface area (Å²) >= 11 is 1.44. The zero-order valence-electron chi connectivity index (χ0n) is 13.3. The monoisotopic (exact) mass is 311 g/mol. The lowest BCUT2D eigenvalue weighted by atomic mass is 9.99. The van der Waals surface area contributed by atoms with Gasteiger partial charge in [0.15, 0.2) is 5.16 Å². The molecular weight excluding hydrogens is 286 g/mol. The average molecular weight is 311 g/mol. The topological polar surface area (TPSA) is 71.8 Å². The lowest BCUT2D eigenvalue weighted by molar-refractivity contribution is -0.119. The van der Waals surface area contributed by atoms with E-state index in [4.69, 9.17) is 0 Å². The second-order valence-electron chi connectivity index (χ2n) is 6.53. The Morgan fingerprint density at radius 3 is 2.86 bits per heavy atom. The van der Waals surface area contributed by atoms with Crippen molar-refractivity contribution in [3.63, 3.8) is 0 Å². The minimum absolute atomic E-state index is 0.0244. The van der Waals surface area contributed by atoms with Gasteiger partial charge in [0, 0.05) is 25.0 Å². The van der Waals surface area contributed by atoms with Crippen molar-refractivity contribution in [3.8, 4) is 0 Å². The van der Waals surface area contributed by atoms with Crippen LogP contribution in [0.3, 0.4) is 0 Å². The zero-order valence-corrected chi connectivity index (χ0v) is 14.1. The van der Waals surface area contributed by atoms with E-state index in [9.17, 15) is 4.79 Å². The highest BCUT2D eigenvalue weighted by atomic mass is 32.2. The van der Waals surface area contributed by atoms with E-state index in [2.05, 4.69) is 20.8 Å². The van der Waals surface area contributed by atoms with Crippen LogP contribution in [-0.4, -0.2) is 45.1 Å². The first-order valence-electron chi connectivity index (χ1n) is 7.40. The van der Waals surface area contributed by atoms with Crippen LogP contribution in [0.4, 0.5) is 0 Å². The van der Waals surface area contributed by atoms with Gasteiger partial charge in [-0.15, -0.1) is 10.2 Å². The summed E-state index contributed by atoms with van der Waals surface area (Å²) in [6.07, 6.45) is 2.32. The maximum absolute atomic E-state index is 11.9. The number of nitrogens with one attached hydrogen (secondary N) is 2. The minimum Gasteiger partial charge on any atom is -0.351 e. The predicted molar refractivity (Wildman–Crippen MR) is 84.5 cm³/mol. The van der Waals surface area contributed by atoms with Crippen LogP contribution in [0.15, 0.2) is 5.16 Å². The van der Waals surface area contributed by atoms with Gasteiger partial charge >= 0.3 is 0 Å². The van der Waals surface area contributed by atoms with Crippen LogP contribution >= 0.6 is 11.8 Å². The van der Waals surface area contributed by atoms with Gasteiger partial charge < -0.3 is 15.2 Å². The fraction of sp³-hybridized carbons (Fsp3) is 0.786. The van der Waals surface area contributed by atoms with Gasteiger partial charge in [-0.25, -0.2) is 0 Å². The summed E-state index contributed by atoms with van der Waals surface area (Å²) in [6, 6.07) is 0. The molecule has 1 aromatic heterocycles. The fourth-order valence-corrected chi connectivity index (χ4v) is 3.18. The molecule has 1 aromatic rings. The molecule has 7 heteroatoms. The normalized spacial score (nSPS) is 19.5. The third-order valence-electron chi connectivity index (χ3n) is 3.38. The third-order valence-corrected chi connectivity index (χ3v) is 4.40. The Hall–Kier alpha value is -1.08. The Balaban J connectivity index is 1.92. The first-order chi connectivity index (χ1) is 9.87.